The molecule has 2 aromatic rings. The summed E-state index contributed by atoms with van der Waals surface area (Å²) >= 11 is 0. The lowest BCUT2D eigenvalue weighted by atomic mass is 9.97. The molecule has 0 aliphatic heterocycles. The van der Waals surface area contributed by atoms with E-state index in [1.165, 1.54) is 12.5 Å². The van der Waals surface area contributed by atoms with Crippen molar-refractivity contribution in [2.75, 3.05) is 0 Å². The summed E-state index contributed by atoms with van der Waals surface area (Å²) in [4.78, 5) is 0. The predicted octanol–water partition coefficient (Wildman–Crippen LogP) is 3.71. The molecule has 1 N–H and O–H groups in total. The molecular weight excluding hydrogens is 264 g/mol. The van der Waals surface area contributed by atoms with Crippen molar-refractivity contribution in [2.45, 2.75) is 18.7 Å². The van der Waals surface area contributed by atoms with E-state index >= 15 is 0 Å². The number of alkyl halides is 3. The molecule has 102 valence electrons. The molecule has 0 saturated heterocycles. The van der Waals surface area contributed by atoms with Crippen molar-refractivity contribution >= 4 is 0 Å². The summed E-state index contributed by atoms with van der Waals surface area (Å²) in [5.41, 5.74) is -0.955. The highest BCUT2D eigenvalue weighted by molar-refractivity contribution is 5.33. The van der Waals surface area contributed by atoms with Gasteiger partial charge in [-0.05, 0) is 29.3 Å². The van der Waals surface area contributed by atoms with Crippen LogP contribution in [-0.2, 0) is 12.6 Å². The van der Waals surface area contributed by atoms with Crippen LogP contribution in [0.3, 0.4) is 0 Å². The maximum Gasteiger partial charge on any atom is 0.416 e. The van der Waals surface area contributed by atoms with Gasteiger partial charge in [-0.2, -0.15) is 13.2 Å². The number of halogens is 4. The van der Waals surface area contributed by atoms with Crippen LogP contribution in [0.15, 0.2) is 41.2 Å². The molecule has 6 heteroatoms. The van der Waals surface area contributed by atoms with Gasteiger partial charge in [-0.15, -0.1) is 0 Å². The highest BCUT2D eigenvalue weighted by Crippen LogP contribution is 2.36. The van der Waals surface area contributed by atoms with E-state index in [2.05, 4.69) is 0 Å². The minimum absolute atomic E-state index is 0.0365. The normalized spacial score (nSPS) is 13.5. The van der Waals surface area contributed by atoms with E-state index in [1.54, 1.807) is 6.07 Å². The fraction of sp³-hybridized carbons (Fsp3) is 0.231. The fourth-order valence-corrected chi connectivity index (χ4v) is 1.81. The number of hydrogen-bond acceptors (Lipinski definition) is 2. The number of aliphatic hydroxyl groups is 1. The van der Waals surface area contributed by atoms with Crippen LogP contribution in [0.1, 0.15) is 22.8 Å². The Morgan fingerprint density at radius 3 is 2.53 bits per heavy atom. The molecule has 1 aromatic heterocycles. The molecule has 1 heterocycles. The molecule has 0 amide bonds. The summed E-state index contributed by atoms with van der Waals surface area (Å²) in [6.45, 7) is 0. The van der Waals surface area contributed by atoms with Crippen molar-refractivity contribution < 1.29 is 27.1 Å². The third-order valence-corrected chi connectivity index (χ3v) is 2.69. The minimum atomic E-state index is -4.71. The van der Waals surface area contributed by atoms with E-state index in [9.17, 15) is 22.7 Å². The van der Waals surface area contributed by atoms with Crippen LogP contribution in [0.2, 0.25) is 0 Å². The van der Waals surface area contributed by atoms with Gasteiger partial charge in [-0.25, -0.2) is 4.39 Å². The maximum atomic E-state index is 12.9. The van der Waals surface area contributed by atoms with Crippen molar-refractivity contribution in [3.8, 4) is 0 Å². The summed E-state index contributed by atoms with van der Waals surface area (Å²) in [7, 11) is 0. The van der Waals surface area contributed by atoms with Crippen LogP contribution in [0, 0.1) is 5.82 Å². The molecule has 2 rings (SSSR count). The quantitative estimate of drug-likeness (QED) is 0.865. The predicted molar refractivity (Wildman–Crippen MR) is 58.8 cm³/mol. The number of hydrogen-bond donors (Lipinski definition) is 1. The Bertz CT molecular complexity index is 546. The highest BCUT2D eigenvalue weighted by Gasteiger charge is 2.35. The van der Waals surface area contributed by atoms with Gasteiger partial charge in [0.05, 0.1) is 24.2 Å². The molecule has 0 bridgehead atoms. The van der Waals surface area contributed by atoms with Gasteiger partial charge >= 0.3 is 6.18 Å². The lowest BCUT2D eigenvalue weighted by Crippen LogP contribution is -2.13. The lowest BCUT2D eigenvalue weighted by Gasteiger charge is -2.17. The number of rotatable bonds is 3. The lowest BCUT2D eigenvalue weighted by molar-refractivity contribution is -0.139. The van der Waals surface area contributed by atoms with Crippen LogP contribution >= 0.6 is 0 Å². The second-order valence-electron chi connectivity index (χ2n) is 4.08. The SMILES string of the molecule is OC(Cc1ccoc1)c1ccc(F)cc1C(F)(F)F. The molecule has 0 aliphatic rings. The van der Waals surface area contributed by atoms with Crippen LogP contribution in [0.4, 0.5) is 17.6 Å². The molecule has 1 unspecified atom stereocenters. The smallest absolute Gasteiger partial charge is 0.416 e. The largest absolute Gasteiger partial charge is 0.472 e. The Labute approximate surface area is 106 Å². The Morgan fingerprint density at radius 1 is 1.21 bits per heavy atom. The zero-order valence-corrected chi connectivity index (χ0v) is 9.62. The van der Waals surface area contributed by atoms with E-state index in [0.717, 1.165) is 12.1 Å². The Kier molecular flexibility index (Phi) is 3.61. The van der Waals surface area contributed by atoms with Gasteiger partial charge in [0.15, 0.2) is 0 Å². The summed E-state index contributed by atoms with van der Waals surface area (Å²) in [6, 6.07) is 3.76. The van der Waals surface area contributed by atoms with E-state index in [-0.39, 0.29) is 12.0 Å². The summed E-state index contributed by atoms with van der Waals surface area (Å²) in [5.74, 6) is -0.994. The zero-order valence-electron chi connectivity index (χ0n) is 9.62. The first-order valence-corrected chi connectivity index (χ1v) is 5.43. The van der Waals surface area contributed by atoms with Gasteiger partial charge < -0.3 is 9.52 Å². The fourth-order valence-electron chi connectivity index (χ4n) is 1.81. The van der Waals surface area contributed by atoms with Crippen molar-refractivity contribution in [2.24, 2.45) is 0 Å². The second kappa shape index (κ2) is 5.05. The number of benzene rings is 1. The van der Waals surface area contributed by atoms with Gasteiger partial charge in [0.1, 0.15) is 5.82 Å². The topological polar surface area (TPSA) is 33.4 Å². The standard InChI is InChI=1S/C13H10F4O2/c14-9-1-2-10(11(6-9)13(15,16)17)12(18)5-8-3-4-19-7-8/h1-4,6-7,12,18H,5H2. The van der Waals surface area contributed by atoms with Gasteiger partial charge in [-0.1, -0.05) is 6.07 Å². The Morgan fingerprint density at radius 2 is 1.95 bits per heavy atom. The minimum Gasteiger partial charge on any atom is -0.472 e. The zero-order chi connectivity index (χ0) is 14.0. The van der Waals surface area contributed by atoms with Crippen molar-refractivity contribution in [3.63, 3.8) is 0 Å². The molecule has 0 aliphatic carbocycles. The van der Waals surface area contributed by atoms with Gasteiger partial charge in [0.2, 0.25) is 0 Å². The van der Waals surface area contributed by atoms with Crippen LogP contribution in [-0.4, -0.2) is 5.11 Å². The van der Waals surface area contributed by atoms with Crippen molar-refractivity contribution in [1.29, 1.82) is 0 Å². The summed E-state index contributed by atoms with van der Waals surface area (Å²) in [6.07, 6.45) is -3.44. The molecular formula is C13H10F4O2. The average molecular weight is 274 g/mol. The number of furan rings is 1. The molecule has 19 heavy (non-hydrogen) atoms. The third kappa shape index (κ3) is 3.14. The summed E-state index contributed by atoms with van der Waals surface area (Å²) < 4.78 is 56.0. The van der Waals surface area contributed by atoms with E-state index in [0.29, 0.717) is 11.6 Å². The second-order valence-corrected chi connectivity index (χ2v) is 4.08. The first-order valence-electron chi connectivity index (χ1n) is 5.43. The molecule has 0 radical (unpaired) electrons. The van der Waals surface area contributed by atoms with Crippen LogP contribution in [0.25, 0.3) is 0 Å². The molecule has 2 nitrogen and oxygen atoms in total. The van der Waals surface area contributed by atoms with Crippen LogP contribution < -0.4 is 0 Å². The third-order valence-electron chi connectivity index (χ3n) is 2.69. The molecule has 1 atom stereocenters. The van der Waals surface area contributed by atoms with Gasteiger partial charge in [0.25, 0.3) is 0 Å². The van der Waals surface area contributed by atoms with Crippen molar-refractivity contribution in [3.05, 3.63) is 59.3 Å². The molecule has 0 spiro atoms. The average Bonchev–Trinajstić information content (AvgIpc) is 2.80. The van der Waals surface area contributed by atoms with Crippen LogP contribution in [0.5, 0.6) is 0 Å². The first kappa shape index (κ1) is 13.6. The highest BCUT2D eigenvalue weighted by atomic mass is 19.4. The Hall–Kier alpha value is -1.82. The van der Waals surface area contributed by atoms with E-state index < -0.39 is 23.7 Å². The van der Waals surface area contributed by atoms with Gasteiger partial charge in [-0.3, -0.25) is 0 Å². The van der Waals surface area contributed by atoms with E-state index in [1.807, 2.05) is 0 Å². The summed E-state index contributed by atoms with van der Waals surface area (Å²) in [5, 5.41) is 9.86. The van der Waals surface area contributed by atoms with Gasteiger partial charge in [0, 0.05) is 6.42 Å². The van der Waals surface area contributed by atoms with Crippen molar-refractivity contribution in [1.82, 2.24) is 0 Å². The molecule has 0 saturated carbocycles. The molecule has 0 fully saturated rings. The monoisotopic (exact) mass is 274 g/mol. The first-order chi connectivity index (χ1) is 8.88. The Balaban J connectivity index is 2.33. The van der Waals surface area contributed by atoms with E-state index in [4.69, 9.17) is 4.42 Å². The maximum absolute atomic E-state index is 12.9. The number of aliphatic hydroxyl groups excluding tert-OH is 1. The molecule has 1 aromatic carbocycles.